The molecule has 0 bridgehead atoms. The molecule has 0 unspecified atom stereocenters. The van der Waals surface area contributed by atoms with Crippen LogP contribution in [-0.4, -0.2) is 11.0 Å². The van der Waals surface area contributed by atoms with Crippen molar-refractivity contribution in [2.45, 2.75) is 25.4 Å². The van der Waals surface area contributed by atoms with Gasteiger partial charge in [0.15, 0.2) is 11.6 Å². The Labute approximate surface area is 125 Å². The molecule has 1 N–H and O–H groups in total. The van der Waals surface area contributed by atoms with E-state index in [0.717, 1.165) is 5.69 Å². The number of benzene rings is 1. The molecular weight excluding hydrogens is 323 g/mol. The van der Waals surface area contributed by atoms with Crippen molar-refractivity contribution in [2.75, 3.05) is 0 Å². The van der Waals surface area contributed by atoms with Gasteiger partial charge in [-0.15, -0.1) is 0 Å². The minimum Gasteiger partial charge on any atom is -0.436 e. The molecule has 1 aliphatic rings. The van der Waals surface area contributed by atoms with E-state index >= 15 is 0 Å². The van der Waals surface area contributed by atoms with Crippen LogP contribution in [0.2, 0.25) is 0 Å². The summed E-state index contributed by atoms with van der Waals surface area (Å²) in [5, 5.41) is 3.38. The number of nitrogens with one attached hydrogen (secondary N) is 1. The molecule has 1 saturated carbocycles. The summed E-state index contributed by atoms with van der Waals surface area (Å²) < 4.78 is 19.9. The Morgan fingerprint density at radius 2 is 2.15 bits per heavy atom. The number of pyridine rings is 1. The highest BCUT2D eigenvalue weighted by molar-refractivity contribution is 9.10. The van der Waals surface area contributed by atoms with Gasteiger partial charge in [0.25, 0.3) is 0 Å². The standard InChI is InChI=1S/C15H14BrFN2O/c16-10-4-7-14(13(17)8-10)20-15-3-1-2-12(19-15)9-18-11-5-6-11/h1-4,7-8,11,18H,5-6,9H2. The van der Waals surface area contributed by atoms with Crippen molar-refractivity contribution >= 4 is 15.9 Å². The van der Waals surface area contributed by atoms with Crippen molar-refractivity contribution in [1.82, 2.24) is 10.3 Å². The second-order valence-electron chi connectivity index (χ2n) is 4.80. The molecular formula is C15H14BrFN2O. The molecule has 1 aliphatic carbocycles. The molecule has 0 saturated heterocycles. The third-order valence-electron chi connectivity index (χ3n) is 3.04. The van der Waals surface area contributed by atoms with Gasteiger partial charge in [-0.1, -0.05) is 22.0 Å². The minimum atomic E-state index is -0.414. The Morgan fingerprint density at radius 3 is 2.90 bits per heavy atom. The van der Waals surface area contributed by atoms with E-state index in [9.17, 15) is 4.39 Å². The zero-order chi connectivity index (χ0) is 13.9. The van der Waals surface area contributed by atoms with E-state index < -0.39 is 5.82 Å². The summed E-state index contributed by atoms with van der Waals surface area (Å²) >= 11 is 3.21. The van der Waals surface area contributed by atoms with Gasteiger partial charge in [-0.25, -0.2) is 9.37 Å². The Bertz CT molecular complexity index is 617. The molecule has 0 aliphatic heterocycles. The monoisotopic (exact) mass is 336 g/mol. The van der Waals surface area contributed by atoms with Gasteiger partial charge in [0, 0.05) is 23.1 Å². The summed E-state index contributed by atoms with van der Waals surface area (Å²) in [7, 11) is 0. The van der Waals surface area contributed by atoms with Crippen LogP contribution >= 0.6 is 15.9 Å². The van der Waals surface area contributed by atoms with Crippen molar-refractivity contribution in [3.63, 3.8) is 0 Å². The summed E-state index contributed by atoms with van der Waals surface area (Å²) in [5.41, 5.74) is 0.895. The van der Waals surface area contributed by atoms with E-state index in [2.05, 4.69) is 26.2 Å². The Balaban J connectivity index is 1.70. The summed E-state index contributed by atoms with van der Waals surface area (Å²) in [6, 6.07) is 10.8. The lowest BCUT2D eigenvalue weighted by molar-refractivity contribution is 0.425. The lowest BCUT2D eigenvalue weighted by atomic mass is 10.3. The third kappa shape index (κ3) is 3.55. The van der Waals surface area contributed by atoms with Crippen LogP contribution in [0.3, 0.4) is 0 Å². The molecule has 1 aromatic heterocycles. The first kappa shape index (κ1) is 13.5. The van der Waals surface area contributed by atoms with Crippen molar-refractivity contribution in [3.8, 4) is 11.6 Å². The van der Waals surface area contributed by atoms with Crippen molar-refractivity contribution < 1.29 is 9.13 Å². The number of nitrogens with zero attached hydrogens (tertiary/aromatic N) is 1. The normalized spacial score (nSPS) is 14.3. The van der Waals surface area contributed by atoms with Gasteiger partial charge >= 0.3 is 0 Å². The quantitative estimate of drug-likeness (QED) is 0.895. The van der Waals surface area contributed by atoms with Gasteiger partial charge < -0.3 is 10.1 Å². The van der Waals surface area contributed by atoms with Crippen molar-refractivity contribution in [3.05, 3.63) is 52.4 Å². The maximum Gasteiger partial charge on any atom is 0.219 e. The van der Waals surface area contributed by atoms with Gasteiger partial charge in [0.1, 0.15) is 0 Å². The number of halogens is 2. The first-order valence-corrected chi connectivity index (χ1v) is 7.32. The van der Waals surface area contributed by atoms with Crippen molar-refractivity contribution in [1.29, 1.82) is 0 Å². The minimum absolute atomic E-state index is 0.174. The third-order valence-corrected chi connectivity index (χ3v) is 3.53. The summed E-state index contributed by atoms with van der Waals surface area (Å²) in [4.78, 5) is 4.37. The first-order chi connectivity index (χ1) is 9.70. The maximum atomic E-state index is 13.7. The maximum absolute atomic E-state index is 13.7. The van der Waals surface area contributed by atoms with E-state index in [0.29, 0.717) is 22.9 Å². The molecule has 1 fully saturated rings. The van der Waals surface area contributed by atoms with Crippen LogP contribution in [0.1, 0.15) is 18.5 Å². The summed E-state index contributed by atoms with van der Waals surface area (Å²) in [5.74, 6) is 0.164. The van der Waals surface area contributed by atoms with Crippen LogP contribution in [0.5, 0.6) is 11.6 Å². The highest BCUT2D eigenvalue weighted by Crippen LogP contribution is 2.26. The molecule has 104 valence electrons. The largest absolute Gasteiger partial charge is 0.436 e. The molecule has 0 amide bonds. The van der Waals surface area contributed by atoms with Gasteiger partial charge in [0.05, 0.1) is 5.69 Å². The fourth-order valence-corrected chi connectivity index (χ4v) is 2.15. The molecule has 0 spiro atoms. The lowest BCUT2D eigenvalue weighted by Crippen LogP contribution is -2.16. The van der Waals surface area contributed by atoms with E-state index in [-0.39, 0.29) is 5.75 Å². The number of rotatable bonds is 5. The number of aromatic nitrogens is 1. The topological polar surface area (TPSA) is 34.1 Å². The Morgan fingerprint density at radius 1 is 1.30 bits per heavy atom. The summed E-state index contributed by atoms with van der Waals surface area (Å²) in [6.45, 7) is 0.713. The van der Waals surface area contributed by atoms with Crippen LogP contribution in [0.15, 0.2) is 40.9 Å². The molecule has 0 atom stereocenters. The number of hydrogen-bond acceptors (Lipinski definition) is 3. The highest BCUT2D eigenvalue weighted by atomic mass is 79.9. The Kier molecular flexibility index (Phi) is 3.98. The molecule has 1 heterocycles. The Hall–Kier alpha value is -1.46. The van der Waals surface area contributed by atoms with Gasteiger partial charge in [-0.05, 0) is 37.1 Å². The second-order valence-corrected chi connectivity index (χ2v) is 5.71. The molecule has 20 heavy (non-hydrogen) atoms. The zero-order valence-electron chi connectivity index (χ0n) is 10.8. The van der Waals surface area contributed by atoms with Gasteiger partial charge in [0.2, 0.25) is 5.88 Å². The first-order valence-electron chi connectivity index (χ1n) is 6.53. The van der Waals surface area contributed by atoms with Crippen LogP contribution in [-0.2, 0) is 6.54 Å². The smallest absolute Gasteiger partial charge is 0.219 e. The second kappa shape index (κ2) is 5.89. The van der Waals surface area contributed by atoms with Crippen LogP contribution in [0.4, 0.5) is 4.39 Å². The average Bonchev–Trinajstić information content (AvgIpc) is 3.24. The molecule has 2 aromatic rings. The van der Waals surface area contributed by atoms with E-state index in [4.69, 9.17) is 4.74 Å². The number of ether oxygens (including phenoxy) is 1. The predicted octanol–water partition coefficient (Wildman–Crippen LogP) is 4.03. The molecule has 5 heteroatoms. The highest BCUT2D eigenvalue weighted by Gasteiger charge is 2.20. The van der Waals surface area contributed by atoms with Crippen LogP contribution < -0.4 is 10.1 Å². The lowest BCUT2D eigenvalue weighted by Gasteiger charge is -2.08. The van der Waals surface area contributed by atoms with Crippen molar-refractivity contribution in [2.24, 2.45) is 0 Å². The molecule has 3 nitrogen and oxygen atoms in total. The number of hydrogen-bond donors (Lipinski definition) is 1. The van der Waals surface area contributed by atoms with Gasteiger partial charge in [-0.2, -0.15) is 0 Å². The van der Waals surface area contributed by atoms with E-state index in [1.54, 1.807) is 18.2 Å². The zero-order valence-corrected chi connectivity index (χ0v) is 12.4. The average molecular weight is 337 g/mol. The van der Waals surface area contributed by atoms with E-state index in [1.807, 2.05) is 12.1 Å². The van der Waals surface area contributed by atoms with Crippen LogP contribution in [0, 0.1) is 5.82 Å². The molecule has 3 rings (SSSR count). The molecule has 0 radical (unpaired) electrons. The van der Waals surface area contributed by atoms with Crippen LogP contribution in [0.25, 0.3) is 0 Å². The fourth-order valence-electron chi connectivity index (χ4n) is 1.82. The van der Waals surface area contributed by atoms with E-state index in [1.165, 1.54) is 18.9 Å². The molecule has 1 aromatic carbocycles. The van der Waals surface area contributed by atoms with Gasteiger partial charge in [-0.3, -0.25) is 0 Å². The fraction of sp³-hybridized carbons (Fsp3) is 0.267. The SMILES string of the molecule is Fc1cc(Br)ccc1Oc1cccc(CNC2CC2)n1. The summed E-state index contributed by atoms with van der Waals surface area (Å²) in [6.07, 6.45) is 2.47. The predicted molar refractivity (Wildman–Crippen MR) is 78.3 cm³/mol.